The van der Waals surface area contributed by atoms with Crippen molar-refractivity contribution in [2.45, 2.75) is 24.5 Å². The molecule has 1 fully saturated rings. The van der Waals surface area contributed by atoms with Crippen LogP contribution in [0.3, 0.4) is 0 Å². The van der Waals surface area contributed by atoms with Crippen LogP contribution in [-0.4, -0.2) is 74.2 Å². The van der Waals surface area contributed by atoms with Crippen molar-refractivity contribution >= 4 is 40.6 Å². The van der Waals surface area contributed by atoms with Crippen molar-refractivity contribution in [3.63, 3.8) is 0 Å². The number of nitrogens with one attached hydrogen (secondary N) is 1. The maximum atomic E-state index is 11.9. The first kappa shape index (κ1) is 28.7. The number of aliphatic hydroxyl groups excluding tert-OH is 2. The zero-order chi connectivity index (χ0) is 24.1. The molecule has 3 heterocycles. The van der Waals surface area contributed by atoms with Gasteiger partial charge in [-0.25, -0.2) is 18.7 Å². The fourth-order valence-electron chi connectivity index (χ4n) is 2.70. The zero-order valence-corrected chi connectivity index (χ0v) is 21.0. The SMILES string of the molecule is Nc1nc2c(ncn2[C@@H]2O[C@H](COP(=O)(O)OP(=O)(O)OP(=O)(O)O)[C@@H](O)[C@H]2O)c(=O)[nH]1.[H-].[Na+]. The molecule has 33 heavy (non-hydrogen) atoms. The molecule has 2 aromatic rings. The minimum Gasteiger partial charge on any atom is -1.00 e. The van der Waals surface area contributed by atoms with Crippen LogP contribution in [0.4, 0.5) is 5.95 Å². The molecule has 1 aliphatic heterocycles. The third kappa shape index (κ3) is 6.99. The maximum Gasteiger partial charge on any atom is 1.00 e. The van der Waals surface area contributed by atoms with Crippen LogP contribution in [0.1, 0.15) is 7.65 Å². The fraction of sp³-hybridized carbons (Fsp3) is 0.500. The zero-order valence-electron chi connectivity index (χ0n) is 17.3. The fourth-order valence-corrected chi connectivity index (χ4v) is 5.73. The van der Waals surface area contributed by atoms with Crippen molar-refractivity contribution in [2.24, 2.45) is 0 Å². The van der Waals surface area contributed by atoms with Crippen molar-refractivity contribution in [3.05, 3.63) is 16.7 Å². The average Bonchev–Trinajstić information content (AvgIpc) is 3.12. The molecular formula is C10H17N5NaO14P3. The molecule has 0 spiro atoms. The van der Waals surface area contributed by atoms with E-state index < -0.39 is 60.2 Å². The summed E-state index contributed by atoms with van der Waals surface area (Å²) in [5.41, 5.74) is 4.50. The smallest absolute Gasteiger partial charge is 1.00 e. The van der Waals surface area contributed by atoms with E-state index >= 15 is 0 Å². The molecule has 3 rings (SSSR count). The minimum absolute atomic E-state index is 0. The van der Waals surface area contributed by atoms with Crippen LogP contribution in [0, 0.1) is 0 Å². The molecule has 0 radical (unpaired) electrons. The Morgan fingerprint density at radius 3 is 2.39 bits per heavy atom. The van der Waals surface area contributed by atoms with Crippen LogP contribution in [0.2, 0.25) is 0 Å². The summed E-state index contributed by atoms with van der Waals surface area (Å²) < 4.78 is 51.6. The van der Waals surface area contributed by atoms with Gasteiger partial charge < -0.3 is 41.7 Å². The topological polar surface area (TPSA) is 299 Å². The number of H-pyrrole nitrogens is 1. The molecule has 1 aliphatic rings. The van der Waals surface area contributed by atoms with E-state index in [0.29, 0.717) is 0 Å². The number of aliphatic hydroxyl groups is 2. The predicted molar refractivity (Wildman–Crippen MR) is 99.4 cm³/mol. The first-order chi connectivity index (χ1) is 14.6. The summed E-state index contributed by atoms with van der Waals surface area (Å²) >= 11 is 0. The van der Waals surface area contributed by atoms with Gasteiger partial charge in [0.2, 0.25) is 5.95 Å². The number of imidazole rings is 1. The Hall–Kier alpha value is -0.560. The number of aromatic nitrogens is 4. The van der Waals surface area contributed by atoms with E-state index in [9.17, 15) is 33.6 Å². The Kier molecular flexibility index (Phi) is 8.86. The molecule has 9 N–H and O–H groups in total. The van der Waals surface area contributed by atoms with Crippen molar-refractivity contribution in [2.75, 3.05) is 12.3 Å². The van der Waals surface area contributed by atoms with E-state index in [1.807, 2.05) is 0 Å². The standard InChI is InChI=1S/C10H16N5O14P3.Na.H/c11-10-13-7-4(8(18)14-10)12-2-15(7)9-6(17)5(16)3(27-9)1-26-31(22,23)29-32(24,25)28-30(19,20)21;;/h2-3,5-6,9,16-17H,1H2,(H,22,23)(H,24,25)(H2,19,20,21)(H3,11,13,14,18);;/q;+1;-1/t3-,5-,6-,9-;;/m1../s1. The number of nitrogens with zero attached hydrogens (tertiary/aromatic N) is 3. The number of fused-ring (bicyclic) bond motifs is 1. The van der Waals surface area contributed by atoms with Gasteiger partial charge >= 0.3 is 53.0 Å². The molecular weight excluding hydrogens is 530 g/mol. The summed E-state index contributed by atoms with van der Waals surface area (Å²) in [4.78, 5) is 57.3. The summed E-state index contributed by atoms with van der Waals surface area (Å²) in [5.74, 6) is -0.276. The van der Waals surface area contributed by atoms with Gasteiger partial charge in [0, 0.05) is 0 Å². The second-order valence-corrected chi connectivity index (χ2v) is 10.6. The molecule has 23 heteroatoms. The number of phosphoric ester groups is 1. The number of anilines is 1. The van der Waals surface area contributed by atoms with Crippen LogP contribution in [0.5, 0.6) is 0 Å². The number of hydrogen-bond donors (Lipinski definition) is 8. The third-order valence-electron chi connectivity index (χ3n) is 3.88. The van der Waals surface area contributed by atoms with E-state index in [1.54, 1.807) is 0 Å². The minimum atomic E-state index is -5.73. The number of aromatic amines is 1. The monoisotopic (exact) mass is 547 g/mol. The van der Waals surface area contributed by atoms with Gasteiger partial charge in [-0.15, -0.1) is 0 Å². The number of nitrogens with two attached hydrogens (primary N) is 1. The summed E-state index contributed by atoms with van der Waals surface area (Å²) in [6, 6.07) is 0. The molecule has 2 aromatic heterocycles. The van der Waals surface area contributed by atoms with Crippen LogP contribution in [0.25, 0.3) is 11.2 Å². The number of nitrogen functional groups attached to an aromatic ring is 1. The molecule has 0 aromatic carbocycles. The van der Waals surface area contributed by atoms with Crippen LogP contribution in [0.15, 0.2) is 11.1 Å². The van der Waals surface area contributed by atoms with Gasteiger partial charge in [0.25, 0.3) is 5.56 Å². The van der Waals surface area contributed by atoms with Crippen LogP contribution >= 0.6 is 23.5 Å². The first-order valence-electron chi connectivity index (χ1n) is 8.11. The summed E-state index contributed by atoms with van der Waals surface area (Å²) in [7, 11) is -16.8. The first-order valence-corrected chi connectivity index (χ1v) is 12.6. The molecule has 19 nitrogen and oxygen atoms in total. The van der Waals surface area contributed by atoms with Crippen LogP contribution < -0.4 is 40.9 Å². The molecule has 0 bridgehead atoms. The Balaban J connectivity index is 0.00000289. The largest absolute Gasteiger partial charge is 1.00 e. The average molecular weight is 547 g/mol. The van der Waals surface area contributed by atoms with Crippen molar-refractivity contribution in [1.82, 2.24) is 19.5 Å². The van der Waals surface area contributed by atoms with Gasteiger partial charge in [-0.1, -0.05) is 0 Å². The van der Waals surface area contributed by atoms with E-state index in [2.05, 4.69) is 28.1 Å². The molecule has 1 saturated heterocycles. The normalized spacial score (nSPS) is 27.1. The Morgan fingerprint density at radius 1 is 1.15 bits per heavy atom. The molecule has 6 atom stereocenters. The molecule has 0 aliphatic carbocycles. The Labute approximate surface area is 205 Å². The molecule has 0 saturated carbocycles. The predicted octanol–water partition coefficient (Wildman–Crippen LogP) is -5.22. The summed E-state index contributed by atoms with van der Waals surface area (Å²) in [6.07, 6.45) is -5.33. The van der Waals surface area contributed by atoms with Gasteiger partial charge in [0.1, 0.15) is 18.3 Å². The third-order valence-corrected chi connectivity index (χ3v) is 7.68. The van der Waals surface area contributed by atoms with Gasteiger partial charge in [0.15, 0.2) is 17.4 Å². The quantitative estimate of drug-likeness (QED) is 0.113. The van der Waals surface area contributed by atoms with Crippen LogP contribution in [-0.2, 0) is 31.6 Å². The second kappa shape index (κ2) is 10.2. The number of hydrogen-bond acceptors (Lipinski definition) is 13. The maximum absolute atomic E-state index is 11.9. The van der Waals surface area contributed by atoms with E-state index in [-0.39, 0.29) is 48.1 Å². The van der Waals surface area contributed by atoms with Gasteiger partial charge in [0.05, 0.1) is 12.9 Å². The number of phosphoric acid groups is 3. The van der Waals surface area contributed by atoms with Crippen molar-refractivity contribution in [3.8, 4) is 0 Å². The number of ether oxygens (including phenoxy) is 1. The Bertz CT molecular complexity index is 1220. The summed E-state index contributed by atoms with van der Waals surface area (Å²) in [6.45, 7) is -1.01. The van der Waals surface area contributed by atoms with E-state index in [1.165, 1.54) is 0 Å². The second-order valence-electron chi connectivity index (χ2n) is 6.21. The van der Waals surface area contributed by atoms with E-state index in [4.69, 9.17) is 25.2 Å². The van der Waals surface area contributed by atoms with E-state index in [0.717, 1.165) is 10.9 Å². The summed E-state index contributed by atoms with van der Waals surface area (Å²) in [5, 5.41) is 20.4. The van der Waals surface area contributed by atoms with Gasteiger partial charge in [-0.05, 0) is 0 Å². The van der Waals surface area contributed by atoms with Gasteiger partial charge in [-0.3, -0.25) is 18.9 Å². The van der Waals surface area contributed by atoms with Gasteiger partial charge in [-0.2, -0.15) is 13.6 Å². The molecule has 0 amide bonds. The van der Waals surface area contributed by atoms with Crippen molar-refractivity contribution < 1.29 is 92.3 Å². The molecule has 182 valence electrons. The number of rotatable bonds is 8. The van der Waals surface area contributed by atoms with Crippen molar-refractivity contribution in [1.29, 1.82) is 0 Å². The molecule has 2 unspecified atom stereocenters. The Morgan fingerprint density at radius 2 is 1.79 bits per heavy atom.